The number of carbonyl (C=O) groups is 1. The summed E-state index contributed by atoms with van der Waals surface area (Å²) in [5, 5.41) is 0. The normalized spacial score (nSPS) is 24.1. The fourth-order valence-corrected chi connectivity index (χ4v) is 2.42. The number of rotatable bonds is 7. The summed E-state index contributed by atoms with van der Waals surface area (Å²) in [7, 11) is 0. The largest absolute Gasteiger partial charge is 0.463 e. The van der Waals surface area contributed by atoms with Crippen molar-refractivity contribution in [2.45, 2.75) is 58.7 Å². The van der Waals surface area contributed by atoms with Crippen LogP contribution >= 0.6 is 12.4 Å². The molecule has 0 amide bonds. The number of esters is 1. The van der Waals surface area contributed by atoms with E-state index in [4.69, 9.17) is 15.2 Å². The van der Waals surface area contributed by atoms with Crippen LogP contribution in [0.15, 0.2) is 0 Å². The molecule has 0 aromatic rings. The molecular formula is C14H28ClNO3. The van der Waals surface area contributed by atoms with Crippen molar-refractivity contribution >= 4 is 18.4 Å². The van der Waals surface area contributed by atoms with Crippen LogP contribution in [0.2, 0.25) is 0 Å². The van der Waals surface area contributed by atoms with Crippen LogP contribution in [0, 0.1) is 11.8 Å². The van der Waals surface area contributed by atoms with Gasteiger partial charge in [-0.2, -0.15) is 0 Å². The molecule has 1 saturated heterocycles. The lowest BCUT2D eigenvalue weighted by Gasteiger charge is -2.17. The zero-order chi connectivity index (χ0) is 13.5. The van der Waals surface area contributed by atoms with E-state index in [0.29, 0.717) is 31.6 Å². The van der Waals surface area contributed by atoms with E-state index in [1.807, 2.05) is 0 Å². The van der Waals surface area contributed by atoms with Crippen molar-refractivity contribution in [2.24, 2.45) is 17.6 Å². The molecule has 5 heteroatoms. The lowest BCUT2D eigenvalue weighted by atomic mass is 9.94. The minimum absolute atomic E-state index is 0. The van der Waals surface area contributed by atoms with Crippen molar-refractivity contribution < 1.29 is 14.3 Å². The predicted octanol–water partition coefficient (Wildman–Crippen LogP) is 2.53. The Morgan fingerprint density at radius 2 is 2.11 bits per heavy atom. The fourth-order valence-electron chi connectivity index (χ4n) is 2.42. The Labute approximate surface area is 122 Å². The minimum atomic E-state index is -0.144. The van der Waals surface area contributed by atoms with E-state index in [9.17, 15) is 4.79 Å². The molecule has 1 aliphatic rings. The summed E-state index contributed by atoms with van der Waals surface area (Å²) in [6.45, 7) is 7.27. The maximum Gasteiger partial charge on any atom is 0.306 e. The zero-order valence-electron chi connectivity index (χ0n) is 12.3. The first-order valence-electron chi connectivity index (χ1n) is 7.02. The van der Waals surface area contributed by atoms with E-state index in [1.165, 1.54) is 0 Å². The van der Waals surface area contributed by atoms with Crippen LogP contribution in [-0.4, -0.2) is 31.3 Å². The third kappa shape index (κ3) is 7.75. The second-order valence-electron chi connectivity index (χ2n) is 5.76. The highest BCUT2D eigenvalue weighted by Crippen LogP contribution is 2.20. The van der Waals surface area contributed by atoms with E-state index < -0.39 is 0 Å². The van der Waals surface area contributed by atoms with Crippen molar-refractivity contribution in [3.05, 3.63) is 0 Å². The number of ether oxygens (including phenoxy) is 2. The van der Waals surface area contributed by atoms with Crippen LogP contribution in [0.3, 0.4) is 0 Å². The first-order valence-corrected chi connectivity index (χ1v) is 7.02. The molecule has 4 nitrogen and oxygen atoms in total. The van der Waals surface area contributed by atoms with Crippen LogP contribution < -0.4 is 5.73 Å². The van der Waals surface area contributed by atoms with E-state index >= 15 is 0 Å². The maximum absolute atomic E-state index is 11.7. The Bertz CT molecular complexity index is 261. The van der Waals surface area contributed by atoms with Gasteiger partial charge in [0, 0.05) is 6.42 Å². The summed E-state index contributed by atoms with van der Waals surface area (Å²) < 4.78 is 10.9. The van der Waals surface area contributed by atoms with Gasteiger partial charge in [0.25, 0.3) is 0 Å². The molecule has 0 spiro atoms. The Kier molecular flexibility index (Phi) is 9.40. The third-order valence-corrected chi connectivity index (χ3v) is 3.34. The Balaban J connectivity index is 0.00000324. The first-order chi connectivity index (χ1) is 8.51. The lowest BCUT2D eigenvalue weighted by molar-refractivity contribution is -0.148. The molecule has 2 N–H and O–H groups in total. The molecule has 0 aromatic carbocycles. The molecule has 2 unspecified atom stereocenters. The van der Waals surface area contributed by atoms with Crippen LogP contribution in [0.5, 0.6) is 0 Å². The lowest BCUT2D eigenvalue weighted by Crippen LogP contribution is -2.24. The smallest absolute Gasteiger partial charge is 0.306 e. The number of nitrogens with two attached hydrogens (primary N) is 1. The van der Waals surface area contributed by atoms with Crippen molar-refractivity contribution in [3.63, 3.8) is 0 Å². The van der Waals surface area contributed by atoms with Gasteiger partial charge in [-0.15, -0.1) is 12.4 Å². The van der Waals surface area contributed by atoms with Crippen LogP contribution in [0.1, 0.15) is 46.5 Å². The Morgan fingerprint density at radius 3 is 2.58 bits per heavy atom. The quantitative estimate of drug-likeness (QED) is 0.733. The molecule has 0 saturated carbocycles. The summed E-state index contributed by atoms with van der Waals surface area (Å²) >= 11 is 0. The molecule has 0 bridgehead atoms. The average Bonchev–Trinajstić information content (AvgIpc) is 2.71. The first kappa shape index (κ1) is 18.7. The van der Waals surface area contributed by atoms with Crippen molar-refractivity contribution in [1.29, 1.82) is 0 Å². The van der Waals surface area contributed by atoms with Gasteiger partial charge in [-0.25, -0.2) is 0 Å². The second-order valence-corrected chi connectivity index (χ2v) is 5.76. The summed E-state index contributed by atoms with van der Waals surface area (Å²) in [6.07, 6.45) is 3.83. The van der Waals surface area contributed by atoms with Gasteiger partial charge in [0.2, 0.25) is 0 Å². The van der Waals surface area contributed by atoms with Crippen LogP contribution in [-0.2, 0) is 14.3 Å². The molecular weight excluding hydrogens is 266 g/mol. The van der Waals surface area contributed by atoms with Gasteiger partial charge in [-0.1, -0.05) is 13.8 Å². The summed E-state index contributed by atoms with van der Waals surface area (Å²) in [5.41, 5.74) is 5.67. The van der Waals surface area contributed by atoms with Gasteiger partial charge in [0.1, 0.15) is 6.61 Å². The molecule has 0 radical (unpaired) electrons. The van der Waals surface area contributed by atoms with E-state index in [0.717, 1.165) is 19.3 Å². The SMILES string of the molecule is CC(C)C[C@H](CN)CC(=O)OCC1CCC(C)O1.Cl. The predicted molar refractivity (Wildman–Crippen MR) is 78.4 cm³/mol. The monoisotopic (exact) mass is 293 g/mol. The molecule has 1 rings (SSSR count). The van der Waals surface area contributed by atoms with Crippen molar-refractivity contribution in [1.82, 2.24) is 0 Å². The standard InChI is InChI=1S/C14H27NO3.ClH/c1-10(2)6-12(8-15)7-14(16)17-9-13-5-4-11(3)18-13;/h10-13H,4-9,15H2,1-3H3;1H/t11?,12-,13?;/m0./s1. The molecule has 1 fully saturated rings. The highest BCUT2D eigenvalue weighted by Gasteiger charge is 2.23. The van der Waals surface area contributed by atoms with Crippen molar-refractivity contribution in [3.8, 4) is 0 Å². The van der Waals surface area contributed by atoms with Crippen molar-refractivity contribution in [2.75, 3.05) is 13.2 Å². The van der Waals surface area contributed by atoms with Crippen LogP contribution in [0.25, 0.3) is 0 Å². The molecule has 3 atom stereocenters. The number of halogens is 1. The van der Waals surface area contributed by atoms with Gasteiger partial charge in [-0.05, 0) is 44.6 Å². The van der Waals surface area contributed by atoms with Gasteiger partial charge >= 0.3 is 5.97 Å². The third-order valence-electron chi connectivity index (χ3n) is 3.34. The van der Waals surface area contributed by atoms with Gasteiger partial charge in [0.15, 0.2) is 0 Å². The van der Waals surface area contributed by atoms with Gasteiger partial charge < -0.3 is 15.2 Å². The summed E-state index contributed by atoms with van der Waals surface area (Å²) in [5.74, 6) is 0.653. The van der Waals surface area contributed by atoms with E-state index in [-0.39, 0.29) is 30.4 Å². The number of hydrogen-bond acceptors (Lipinski definition) is 4. The molecule has 1 heterocycles. The average molecular weight is 294 g/mol. The highest BCUT2D eigenvalue weighted by molar-refractivity contribution is 5.85. The molecule has 1 aliphatic heterocycles. The van der Waals surface area contributed by atoms with E-state index in [2.05, 4.69) is 20.8 Å². The highest BCUT2D eigenvalue weighted by atomic mass is 35.5. The molecule has 0 aromatic heterocycles. The van der Waals surface area contributed by atoms with Gasteiger partial charge in [0.05, 0.1) is 12.2 Å². The minimum Gasteiger partial charge on any atom is -0.463 e. The Hall–Kier alpha value is -0.320. The zero-order valence-corrected chi connectivity index (χ0v) is 13.1. The summed E-state index contributed by atoms with van der Waals surface area (Å²) in [4.78, 5) is 11.7. The second kappa shape index (κ2) is 9.56. The van der Waals surface area contributed by atoms with E-state index in [1.54, 1.807) is 0 Å². The molecule has 0 aliphatic carbocycles. The summed E-state index contributed by atoms with van der Waals surface area (Å²) in [6, 6.07) is 0. The van der Waals surface area contributed by atoms with Gasteiger partial charge in [-0.3, -0.25) is 4.79 Å². The fraction of sp³-hybridized carbons (Fsp3) is 0.929. The maximum atomic E-state index is 11.7. The molecule has 114 valence electrons. The topological polar surface area (TPSA) is 61.6 Å². The Morgan fingerprint density at radius 1 is 1.42 bits per heavy atom. The molecule has 19 heavy (non-hydrogen) atoms. The number of carbonyl (C=O) groups excluding carboxylic acids is 1. The van der Waals surface area contributed by atoms with Crippen LogP contribution in [0.4, 0.5) is 0 Å². The number of hydrogen-bond donors (Lipinski definition) is 1.